The van der Waals surface area contributed by atoms with Gasteiger partial charge in [-0.05, 0) is 28.9 Å². The zero-order valence-corrected chi connectivity index (χ0v) is 18.3. The number of hydrogen-bond donors (Lipinski definition) is 0. The van der Waals surface area contributed by atoms with Gasteiger partial charge in [0.15, 0.2) is 11.1 Å². The first-order chi connectivity index (χ1) is 16.6. The van der Waals surface area contributed by atoms with Crippen LogP contribution in [0.5, 0.6) is 5.95 Å². The molecule has 1 amide bonds. The van der Waals surface area contributed by atoms with Gasteiger partial charge in [0.05, 0.1) is 23.0 Å². The van der Waals surface area contributed by atoms with Crippen molar-refractivity contribution in [1.82, 2.24) is 5.27 Å². The zero-order chi connectivity index (χ0) is 23.5. The van der Waals surface area contributed by atoms with Gasteiger partial charge in [-0.2, -0.15) is 0 Å². The second kappa shape index (κ2) is 9.20. The Morgan fingerprint density at radius 2 is 1.79 bits per heavy atom. The quantitative estimate of drug-likeness (QED) is 0.241. The van der Waals surface area contributed by atoms with E-state index in [0.717, 1.165) is 11.8 Å². The molecule has 5 rings (SSSR count). The molecule has 9 nitrogen and oxygen atoms in total. The first-order valence-corrected chi connectivity index (χ1v) is 11.1. The van der Waals surface area contributed by atoms with Crippen molar-refractivity contribution in [3.63, 3.8) is 0 Å². The van der Waals surface area contributed by atoms with Crippen molar-refractivity contribution in [3.8, 4) is 11.6 Å². The Labute approximate surface area is 197 Å². The summed E-state index contributed by atoms with van der Waals surface area (Å²) < 4.78 is 11.2. The molecule has 0 unspecified atom stereocenters. The molecule has 0 N–H and O–H groups in total. The molecular weight excluding hydrogens is 456 g/mol. The third-order valence-corrected chi connectivity index (χ3v) is 5.81. The third-order valence-electron chi connectivity index (χ3n) is 4.87. The van der Waals surface area contributed by atoms with Gasteiger partial charge in [-0.1, -0.05) is 48.2 Å². The van der Waals surface area contributed by atoms with Crippen LogP contribution in [-0.2, 0) is 4.79 Å². The minimum Gasteiger partial charge on any atom is -0.539 e. The molecule has 0 bridgehead atoms. The molecular formula is C24H16N4O5S. The highest BCUT2D eigenvalue weighted by Gasteiger charge is 2.34. The standard InChI is InChI=1S/C24H16N4O5S/c29-20(21-23(31)33-26-28(21)17-10-5-2-6-11-17)15-34-24-25-19(14-18-12-7-13-32-18)22(30)27(24)16-8-3-1-4-9-16/h1-14H,15H2/b19-14+. The minimum atomic E-state index is -0.836. The molecule has 1 aliphatic heterocycles. The van der Waals surface area contributed by atoms with Crippen LogP contribution in [0, 0.1) is 0 Å². The van der Waals surface area contributed by atoms with Crippen LogP contribution in [0.15, 0.2) is 98.7 Å². The molecule has 0 spiro atoms. The number of nitrogens with zero attached hydrogens (tertiary/aromatic N) is 4. The van der Waals surface area contributed by atoms with Crippen LogP contribution in [-0.4, -0.2) is 27.9 Å². The van der Waals surface area contributed by atoms with Gasteiger partial charge >= 0.3 is 5.69 Å². The van der Waals surface area contributed by atoms with Crippen molar-refractivity contribution >= 4 is 40.4 Å². The molecule has 0 saturated carbocycles. The number of amides is 1. The van der Waals surface area contributed by atoms with Gasteiger partial charge in [0, 0.05) is 18.2 Å². The van der Waals surface area contributed by atoms with E-state index >= 15 is 0 Å². The Balaban J connectivity index is 1.43. The molecule has 0 aliphatic carbocycles. The molecule has 2 aromatic heterocycles. The third kappa shape index (κ3) is 4.14. The van der Waals surface area contributed by atoms with E-state index in [1.54, 1.807) is 66.7 Å². The number of aliphatic imine (C=N–C) groups is 1. The number of furan rings is 1. The molecule has 0 fully saturated rings. The largest absolute Gasteiger partial charge is 0.539 e. The maximum atomic E-state index is 13.1. The fourth-order valence-electron chi connectivity index (χ4n) is 3.33. The number of para-hydroxylation sites is 2. The molecule has 4 aromatic rings. The van der Waals surface area contributed by atoms with E-state index in [1.165, 1.54) is 21.9 Å². The predicted molar refractivity (Wildman–Crippen MR) is 122 cm³/mol. The van der Waals surface area contributed by atoms with Crippen molar-refractivity contribution < 1.29 is 28.3 Å². The first kappa shape index (κ1) is 21.4. The van der Waals surface area contributed by atoms with Crippen LogP contribution in [0.1, 0.15) is 16.2 Å². The Kier molecular flexibility index (Phi) is 5.79. The molecule has 3 heterocycles. The van der Waals surface area contributed by atoms with Gasteiger partial charge in [-0.25, -0.2) is 4.99 Å². The van der Waals surface area contributed by atoms with Gasteiger partial charge in [-0.15, -0.1) is 0 Å². The average Bonchev–Trinajstić information content (AvgIpc) is 3.59. The average molecular weight is 472 g/mol. The lowest BCUT2D eigenvalue weighted by Gasteiger charge is -2.17. The predicted octanol–water partition coefficient (Wildman–Crippen LogP) is 2.98. The molecule has 0 radical (unpaired) electrons. The van der Waals surface area contributed by atoms with Gasteiger partial charge in [0.1, 0.15) is 11.5 Å². The highest BCUT2D eigenvalue weighted by molar-refractivity contribution is 8.14. The number of thioether (sulfide) groups is 1. The second-order valence-corrected chi connectivity index (χ2v) is 8.03. The van der Waals surface area contributed by atoms with Crippen molar-refractivity contribution in [2.75, 3.05) is 10.7 Å². The molecule has 2 aromatic carbocycles. The van der Waals surface area contributed by atoms with E-state index in [0.29, 0.717) is 22.3 Å². The van der Waals surface area contributed by atoms with E-state index < -0.39 is 11.7 Å². The number of benzene rings is 2. The number of carbonyl (C=O) groups is 2. The number of Topliss-reactive ketones (excluding diaryl/α,β-unsaturated/α-hetero) is 1. The van der Waals surface area contributed by atoms with E-state index in [9.17, 15) is 14.7 Å². The SMILES string of the molecule is O=C(CSC1=N/C(=C/c2ccco2)C(=O)N1c1ccccc1)c1c([O-])on[n+]1-c1ccccc1. The lowest BCUT2D eigenvalue weighted by Crippen LogP contribution is -2.39. The topological polar surface area (TPSA) is 116 Å². The zero-order valence-electron chi connectivity index (χ0n) is 17.5. The number of ketones is 1. The van der Waals surface area contributed by atoms with E-state index in [4.69, 9.17) is 8.94 Å². The first-order valence-electron chi connectivity index (χ1n) is 10.2. The lowest BCUT2D eigenvalue weighted by atomic mass is 10.2. The van der Waals surface area contributed by atoms with Crippen LogP contribution < -0.4 is 14.7 Å². The van der Waals surface area contributed by atoms with E-state index in [-0.39, 0.29) is 23.1 Å². The van der Waals surface area contributed by atoms with E-state index in [1.807, 2.05) is 6.07 Å². The summed E-state index contributed by atoms with van der Waals surface area (Å²) in [4.78, 5) is 32.0. The summed E-state index contributed by atoms with van der Waals surface area (Å²) in [5.41, 5.74) is 1.08. The smallest absolute Gasteiger partial charge is 0.307 e. The number of rotatable bonds is 6. The molecule has 34 heavy (non-hydrogen) atoms. The van der Waals surface area contributed by atoms with Crippen molar-refractivity contribution in [1.29, 1.82) is 0 Å². The number of aromatic nitrogens is 2. The Hall–Kier alpha value is -4.44. The fraction of sp³-hybridized carbons (Fsp3) is 0.0417. The number of amidine groups is 1. The highest BCUT2D eigenvalue weighted by atomic mass is 32.2. The summed E-state index contributed by atoms with van der Waals surface area (Å²) in [6, 6.07) is 21.1. The van der Waals surface area contributed by atoms with Crippen molar-refractivity contribution in [2.45, 2.75) is 0 Å². The minimum absolute atomic E-state index is 0.160. The Morgan fingerprint density at radius 3 is 2.50 bits per heavy atom. The molecule has 0 saturated heterocycles. The van der Waals surface area contributed by atoms with Crippen molar-refractivity contribution in [2.24, 2.45) is 4.99 Å². The normalized spacial score (nSPS) is 14.6. The lowest BCUT2D eigenvalue weighted by molar-refractivity contribution is -0.672. The second-order valence-electron chi connectivity index (χ2n) is 7.08. The molecule has 1 aliphatic rings. The van der Waals surface area contributed by atoms with Crippen LogP contribution in [0.4, 0.5) is 5.69 Å². The van der Waals surface area contributed by atoms with Crippen LogP contribution >= 0.6 is 11.8 Å². The van der Waals surface area contributed by atoms with Gasteiger partial charge < -0.3 is 14.0 Å². The van der Waals surface area contributed by atoms with Crippen LogP contribution in [0.3, 0.4) is 0 Å². The van der Waals surface area contributed by atoms with Crippen LogP contribution in [0.25, 0.3) is 11.8 Å². The van der Waals surface area contributed by atoms with Gasteiger partial charge in [0.25, 0.3) is 5.91 Å². The Bertz CT molecular complexity index is 1400. The summed E-state index contributed by atoms with van der Waals surface area (Å²) in [5, 5.41) is 16.2. The summed E-state index contributed by atoms with van der Waals surface area (Å²) in [6.45, 7) is 0. The summed E-state index contributed by atoms with van der Waals surface area (Å²) >= 11 is 1.04. The summed E-state index contributed by atoms with van der Waals surface area (Å²) in [7, 11) is 0. The summed E-state index contributed by atoms with van der Waals surface area (Å²) in [5.74, 6) is -1.38. The maximum absolute atomic E-state index is 13.1. The molecule has 10 heteroatoms. The van der Waals surface area contributed by atoms with E-state index in [2.05, 4.69) is 10.3 Å². The highest BCUT2D eigenvalue weighted by Crippen LogP contribution is 2.30. The van der Waals surface area contributed by atoms with Gasteiger partial charge in [0.2, 0.25) is 11.5 Å². The maximum Gasteiger partial charge on any atom is 0.307 e. The number of carbonyl (C=O) groups excluding carboxylic acids is 2. The molecule has 0 atom stereocenters. The number of hydrogen-bond acceptors (Lipinski definition) is 8. The van der Waals surface area contributed by atoms with Gasteiger partial charge in [-0.3, -0.25) is 14.5 Å². The van der Waals surface area contributed by atoms with Crippen LogP contribution in [0.2, 0.25) is 0 Å². The monoisotopic (exact) mass is 472 g/mol. The summed E-state index contributed by atoms with van der Waals surface area (Å²) in [6.07, 6.45) is 3.03. The van der Waals surface area contributed by atoms with Crippen molar-refractivity contribution in [3.05, 3.63) is 96.2 Å². The molecule has 168 valence electrons. The Morgan fingerprint density at radius 1 is 1.06 bits per heavy atom. The fourth-order valence-corrected chi connectivity index (χ4v) is 4.21. The number of anilines is 1.